The highest BCUT2D eigenvalue weighted by Gasteiger charge is 2.16. The number of unbranched alkanes of at least 4 members (excludes halogenated alkanes) is 16. The average Bonchev–Trinajstić information content (AvgIpc) is 2.78. The van der Waals surface area contributed by atoms with E-state index >= 15 is 0 Å². The van der Waals surface area contributed by atoms with Gasteiger partial charge in [0.2, 0.25) is 0 Å². The average molecular weight is 506 g/mol. The molecule has 0 saturated heterocycles. The van der Waals surface area contributed by atoms with E-state index in [4.69, 9.17) is 13.8 Å². The Morgan fingerprint density at radius 2 is 1.21 bits per heavy atom. The van der Waals surface area contributed by atoms with Crippen LogP contribution < -0.4 is 0 Å². The van der Waals surface area contributed by atoms with Crippen LogP contribution in [-0.2, 0) is 18.6 Å². The summed E-state index contributed by atoms with van der Waals surface area (Å²) in [5.41, 5.74) is 0. The molecule has 0 radical (unpaired) electrons. The minimum atomic E-state index is -1.93. The van der Waals surface area contributed by atoms with Crippen molar-refractivity contribution < 1.29 is 23.5 Å². The van der Waals surface area contributed by atoms with Gasteiger partial charge in [-0.05, 0) is 26.9 Å². The zero-order chi connectivity index (χ0) is 25.3. The van der Waals surface area contributed by atoms with Crippen molar-refractivity contribution in [3.8, 4) is 0 Å². The SMILES string of the molecule is CCCCCCCCCCCCCCCCCCCC(COP(O)OCCN(C)C)OC(C)=O. The van der Waals surface area contributed by atoms with E-state index in [1.165, 1.54) is 103 Å². The lowest BCUT2D eigenvalue weighted by atomic mass is 10.0. The van der Waals surface area contributed by atoms with Gasteiger partial charge >= 0.3 is 14.6 Å². The number of carbonyl (C=O) groups is 1. The molecule has 0 aromatic rings. The predicted octanol–water partition coefficient (Wildman–Crippen LogP) is 7.77. The fourth-order valence-corrected chi connectivity index (χ4v) is 4.60. The lowest BCUT2D eigenvalue weighted by Crippen LogP contribution is -2.22. The maximum Gasteiger partial charge on any atom is 0.330 e. The smallest absolute Gasteiger partial charge is 0.330 e. The Hall–Kier alpha value is -0.260. The van der Waals surface area contributed by atoms with Crippen LogP contribution in [0.3, 0.4) is 0 Å². The van der Waals surface area contributed by atoms with E-state index in [-0.39, 0.29) is 18.7 Å². The van der Waals surface area contributed by atoms with Gasteiger partial charge in [0.1, 0.15) is 6.10 Å². The summed E-state index contributed by atoms with van der Waals surface area (Å²) in [4.78, 5) is 23.2. The highest BCUT2D eigenvalue weighted by molar-refractivity contribution is 7.40. The first-order valence-corrected chi connectivity index (χ1v) is 15.2. The zero-order valence-electron chi connectivity index (χ0n) is 22.9. The van der Waals surface area contributed by atoms with Crippen molar-refractivity contribution in [1.82, 2.24) is 4.90 Å². The van der Waals surface area contributed by atoms with Crippen LogP contribution in [0.25, 0.3) is 0 Å². The van der Waals surface area contributed by atoms with Gasteiger partial charge in [-0.2, -0.15) is 0 Å². The maximum atomic E-state index is 11.4. The van der Waals surface area contributed by atoms with Crippen molar-refractivity contribution in [2.24, 2.45) is 0 Å². The fourth-order valence-electron chi connectivity index (χ4n) is 3.99. The van der Waals surface area contributed by atoms with E-state index in [0.29, 0.717) is 6.61 Å². The molecule has 0 bridgehead atoms. The van der Waals surface area contributed by atoms with Gasteiger partial charge in [0.15, 0.2) is 0 Å². The summed E-state index contributed by atoms with van der Waals surface area (Å²) in [7, 11) is 1.96. The van der Waals surface area contributed by atoms with Crippen molar-refractivity contribution in [2.75, 3.05) is 33.9 Å². The lowest BCUT2D eigenvalue weighted by molar-refractivity contribution is -0.148. The second kappa shape index (κ2) is 25.8. The Balaban J connectivity index is 3.56. The topological polar surface area (TPSA) is 68.2 Å². The molecule has 34 heavy (non-hydrogen) atoms. The predicted molar refractivity (Wildman–Crippen MR) is 144 cm³/mol. The minimum Gasteiger partial charge on any atom is -0.460 e. The third-order valence-electron chi connectivity index (χ3n) is 6.07. The van der Waals surface area contributed by atoms with Gasteiger partial charge in [0.05, 0.1) is 13.2 Å². The molecular weight excluding hydrogens is 449 g/mol. The van der Waals surface area contributed by atoms with E-state index in [1.54, 1.807) is 0 Å². The van der Waals surface area contributed by atoms with Crippen molar-refractivity contribution in [1.29, 1.82) is 0 Å². The molecule has 2 atom stereocenters. The van der Waals surface area contributed by atoms with Gasteiger partial charge in [0.25, 0.3) is 0 Å². The Morgan fingerprint density at radius 3 is 1.62 bits per heavy atom. The summed E-state index contributed by atoms with van der Waals surface area (Å²) in [6.07, 6.45) is 23.3. The van der Waals surface area contributed by atoms with E-state index < -0.39 is 8.60 Å². The molecular formula is C27H56NO5P. The van der Waals surface area contributed by atoms with Gasteiger partial charge in [-0.1, -0.05) is 110 Å². The van der Waals surface area contributed by atoms with Crippen molar-refractivity contribution >= 4 is 14.6 Å². The molecule has 0 aromatic heterocycles. The first-order valence-electron chi connectivity index (χ1n) is 14.0. The number of nitrogens with zero attached hydrogens (tertiary/aromatic N) is 1. The number of likely N-dealkylation sites (N-methyl/N-ethyl adjacent to an activating group) is 1. The van der Waals surface area contributed by atoms with Crippen molar-refractivity contribution in [3.63, 3.8) is 0 Å². The Labute approximate surface area is 212 Å². The van der Waals surface area contributed by atoms with E-state index in [0.717, 1.165) is 25.8 Å². The second-order valence-corrected chi connectivity index (χ2v) is 10.8. The fraction of sp³-hybridized carbons (Fsp3) is 0.963. The highest BCUT2D eigenvalue weighted by atomic mass is 31.2. The molecule has 0 aliphatic rings. The zero-order valence-corrected chi connectivity index (χ0v) is 23.8. The highest BCUT2D eigenvalue weighted by Crippen LogP contribution is 2.33. The molecule has 0 saturated carbocycles. The van der Waals surface area contributed by atoms with Gasteiger partial charge in [0, 0.05) is 13.5 Å². The molecule has 7 heteroatoms. The number of ether oxygens (including phenoxy) is 1. The number of hydrogen-bond acceptors (Lipinski definition) is 6. The summed E-state index contributed by atoms with van der Waals surface area (Å²) >= 11 is 0. The van der Waals surface area contributed by atoms with Crippen LogP contribution in [0.5, 0.6) is 0 Å². The normalized spacial score (nSPS) is 13.4. The first-order chi connectivity index (χ1) is 16.5. The van der Waals surface area contributed by atoms with Crippen LogP contribution in [0.1, 0.15) is 129 Å². The largest absolute Gasteiger partial charge is 0.460 e. The van der Waals surface area contributed by atoms with Crippen LogP contribution in [-0.4, -0.2) is 55.7 Å². The maximum absolute atomic E-state index is 11.4. The Bertz CT molecular complexity index is 439. The molecule has 0 aliphatic carbocycles. The van der Waals surface area contributed by atoms with E-state index in [1.807, 2.05) is 19.0 Å². The van der Waals surface area contributed by atoms with Crippen LogP contribution in [0, 0.1) is 0 Å². The second-order valence-electron chi connectivity index (χ2n) is 9.85. The third-order valence-corrected chi connectivity index (χ3v) is 6.85. The molecule has 1 N–H and O–H groups in total. The summed E-state index contributed by atoms with van der Waals surface area (Å²) in [5, 5.41) is 0. The van der Waals surface area contributed by atoms with Crippen LogP contribution in [0.15, 0.2) is 0 Å². The molecule has 6 nitrogen and oxygen atoms in total. The summed E-state index contributed by atoms with van der Waals surface area (Å²) in [6.45, 7) is 5.00. The molecule has 0 fully saturated rings. The van der Waals surface area contributed by atoms with Crippen LogP contribution in [0.2, 0.25) is 0 Å². The monoisotopic (exact) mass is 505 g/mol. The van der Waals surface area contributed by atoms with E-state index in [2.05, 4.69) is 6.92 Å². The summed E-state index contributed by atoms with van der Waals surface area (Å²) < 4.78 is 16.0. The van der Waals surface area contributed by atoms with Gasteiger partial charge in [-0.15, -0.1) is 0 Å². The molecule has 0 aliphatic heterocycles. The quantitative estimate of drug-likeness (QED) is 0.0735. The molecule has 0 amide bonds. The molecule has 0 aromatic carbocycles. The van der Waals surface area contributed by atoms with Crippen molar-refractivity contribution in [2.45, 2.75) is 136 Å². The van der Waals surface area contributed by atoms with E-state index in [9.17, 15) is 9.69 Å². The molecule has 0 rings (SSSR count). The summed E-state index contributed by atoms with van der Waals surface area (Å²) in [5.74, 6) is -0.309. The molecule has 204 valence electrons. The van der Waals surface area contributed by atoms with Gasteiger partial charge in [-0.25, -0.2) is 0 Å². The minimum absolute atomic E-state index is 0.183. The third kappa shape index (κ3) is 26.3. The van der Waals surface area contributed by atoms with Crippen LogP contribution >= 0.6 is 8.60 Å². The number of hydrogen-bond donors (Lipinski definition) is 1. The number of esters is 1. The lowest BCUT2D eigenvalue weighted by Gasteiger charge is -2.19. The first kappa shape index (κ1) is 33.7. The van der Waals surface area contributed by atoms with Gasteiger partial charge in [-0.3, -0.25) is 4.79 Å². The van der Waals surface area contributed by atoms with Crippen LogP contribution in [0.4, 0.5) is 0 Å². The number of rotatable bonds is 26. The van der Waals surface area contributed by atoms with Gasteiger partial charge < -0.3 is 23.6 Å². The number of carbonyl (C=O) groups excluding carboxylic acids is 1. The Morgan fingerprint density at radius 1 is 0.765 bits per heavy atom. The molecule has 0 heterocycles. The Kier molecular flexibility index (Phi) is 25.6. The van der Waals surface area contributed by atoms with Crippen molar-refractivity contribution in [3.05, 3.63) is 0 Å². The summed E-state index contributed by atoms with van der Waals surface area (Å²) in [6, 6.07) is 0. The standard InChI is InChI=1S/C27H56NO5P/c1-5-6-7-8-9-10-11-12-13-14-15-16-17-18-19-20-21-22-27(33-26(2)29)25-32-34(30)31-24-23-28(3)4/h27,30H,5-25H2,1-4H3. The molecule has 0 spiro atoms. The molecule has 2 unspecified atom stereocenters.